The van der Waals surface area contributed by atoms with Gasteiger partial charge < -0.3 is 14.4 Å². The van der Waals surface area contributed by atoms with Crippen molar-refractivity contribution in [1.29, 1.82) is 0 Å². The van der Waals surface area contributed by atoms with Crippen molar-refractivity contribution in [2.75, 3.05) is 40.4 Å². The highest BCUT2D eigenvalue weighted by molar-refractivity contribution is 7.89. The molecule has 2 aromatic carbocycles. The summed E-state index contributed by atoms with van der Waals surface area (Å²) in [6, 6.07) is 12.4. The van der Waals surface area contributed by atoms with Crippen LogP contribution in [-0.2, 0) is 14.8 Å². The number of carbonyl (C=O) groups is 1. The van der Waals surface area contributed by atoms with Crippen LogP contribution in [0.25, 0.3) is 6.08 Å². The first-order valence-electron chi connectivity index (χ1n) is 10.6. The van der Waals surface area contributed by atoms with Crippen LogP contribution in [0.5, 0.6) is 11.5 Å². The summed E-state index contributed by atoms with van der Waals surface area (Å²) in [5, 5.41) is 0. The SMILES string of the molecule is COc1ccc(/C=C/C(=O)N2CCN(S(=O)(=O)c3ccc(C(C)C)cc3)CC2)c(OC)c1. The van der Waals surface area contributed by atoms with E-state index >= 15 is 0 Å². The topological polar surface area (TPSA) is 76.2 Å². The molecule has 0 aliphatic carbocycles. The largest absolute Gasteiger partial charge is 0.497 e. The second-order valence-corrected chi connectivity index (χ2v) is 9.83. The molecule has 172 valence electrons. The van der Waals surface area contributed by atoms with Crippen molar-refractivity contribution in [1.82, 2.24) is 9.21 Å². The van der Waals surface area contributed by atoms with Crippen LogP contribution in [0.15, 0.2) is 53.4 Å². The van der Waals surface area contributed by atoms with Crippen molar-refractivity contribution in [3.05, 3.63) is 59.7 Å². The Labute approximate surface area is 190 Å². The van der Waals surface area contributed by atoms with Gasteiger partial charge in [0.1, 0.15) is 11.5 Å². The van der Waals surface area contributed by atoms with Gasteiger partial charge in [-0.25, -0.2) is 8.42 Å². The molecule has 32 heavy (non-hydrogen) atoms. The van der Waals surface area contributed by atoms with Crippen LogP contribution < -0.4 is 9.47 Å². The lowest BCUT2D eigenvalue weighted by atomic mass is 10.0. The van der Waals surface area contributed by atoms with E-state index in [0.717, 1.165) is 11.1 Å². The Kier molecular flexibility index (Phi) is 7.58. The van der Waals surface area contributed by atoms with Crippen LogP contribution in [0.4, 0.5) is 0 Å². The second-order valence-electron chi connectivity index (χ2n) is 7.89. The number of piperazine rings is 1. The zero-order chi connectivity index (χ0) is 23.3. The predicted molar refractivity (Wildman–Crippen MR) is 124 cm³/mol. The number of ether oxygens (including phenoxy) is 2. The highest BCUT2D eigenvalue weighted by Gasteiger charge is 2.29. The Morgan fingerprint density at radius 1 is 0.969 bits per heavy atom. The van der Waals surface area contributed by atoms with E-state index in [4.69, 9.17) is 9.47 Å². The predicted octanol–water partition coefficient (Wildman–Crippen LogP) is 3.37. The Morgan fingerprint density at radius 3 is 2.19 bits per heavy atom. The first kappa shape index (κ1) is 23.8. The van der Waals surface area contributed by atoms with Crippen LogP contribution in [0.2, 0.25) is 0 Å². The summed E-state index contributed by atoms with van der Waals surface area (Å²) in [6.45, 7) is 5.34. The molecule has 8 heteroatoms. The average Bonchev–Trinajstić information content (AvgIpc) is 2.82. The molecule has 0 spiro atoms. The summed E-state index contributed by atoms with van der Waals surface area (Å²) < 4.78 is 37.9. The molecule has 2 aromatic rings. The lowest BCUT2D eigenvalue weighted by Crippen LogP contribution is -2.50. The summed E-state index contributed by atoms with van der Waals surface area (Å²) in [5.41, 5.74) is 1.85. The van der Waals surface area contributed by atoms with E-state index in [-0.39, 0.29) is 23.9 Å². The fourth-order valence-corrected chi connectivity index (χ4v) is 4.97. The van der Waals surface area contributed by atoms with Gasteiger partial charge in [-0.3, -0.25) is 4.79 Å². The minimum atomic E-state index is -3.58. The Hall–Kier alpha value is -2.84. The van der Waals surface area contributed by atoms with Crippen molar-refractivity contribution in [3.63, 3.8) is 0 Å². The lowest BCUT2D eigenvalue weighted by Gasteiger charge is -2.33. The van der Waals surface area contributed by atoms with Crippen LogP contribution in [0.3, 0.4) is 0 Å². The van der Waals surface area contributed by atoms with Crippen molar-refractivity contribution < 1.29 is 22.7 Å². The molecule has 7 nitrogen and oxygen atoms in total. The molecule has 3 rings (SSSR count). The molecular formula is C24H30N2O5S. The molecule has 0 bridgehead atoms. The number of sulfonamides is 1. The number of methoxy groups -OCH3 is 2. The standard InChI is InChI=1S/C24H30N2O5S/c1-18(2)19-6-10-22(11-7-19)32(28,29)26-15-13-25(14-16-26)24(27)12-8-20-5-9-21(30-3)17-23(20)31-4/h5-12,17-18H,13-16H2,1-4H3/b12-8+. The molecule has 0 radical (unpaired) electrons. The average molecular weight is 459 g/mol. The first-order valence-corrected chi connectivity index (χ1v) is 12.0. The molecule has 0 N–H and O–H groups in total. The molecule has 1 fully saturated rings. The van der Waals surface area contributed by atoms with Gasteiger partial charge in [0.2, 0.25) is 15.9 Å². The lowest BCUT2D eigenvalue weighted by molar-refractivity contribution is -0.127. The summed E-state index contributed by atoms with van der Waals surface area (Å²) in [5.74, 6) is 1.45. The number of nitrogens with zero attached hydrogens (tertiary/aromatic N) is 2. The maximum absolute atomic E-state index is 13.0. The molecule has 1 aliphatic heterocycles. The van der Waals surface area contributed by atoms with E-state index in [9.17, 15) is 13.2 Å². The van der Waals surface area contributed by atoms with E-state index < -0.39 is 10.0 Å². The Bertz CT molecular complexity index is 1070. The van der Waals surface area contributed by atoms with Crippen LogP contribution in [0.1, 0.15) is 30.9 Å². The summed E-state index contributed by atoms with van der Waals surface area (Å²) in [4.78, 5) is 14.6. The monoisotopic (exact) mass is 458 g/mol. The Morgan fingerprint density at radius 2 is 1.62 bits per heavy atom. The third kappa shape index (κ3) is 5.31. The van der Waals surface area contributed by atoms with Gasteiger partial charge >= 0.3 is 0 Å². The van der Waals surface area contributed by atoms with Gasteiger partial charge in [-0.2, -0.15) is 4.31 Å². The maximum atomic E-state index is 13.0. The van der Waals surface area contributed by atoms with Gasteiger partial charge in [-0.05, 0) is 41.8 Å². The maximum Gasteiger partial charge on any atom is 0.246 e. The van der Waals surface area contributed by atoms with Gasteiger partial charge in [0.25, 0.3) is 0 Å². The highest BCUT2D eigenvalue weighted by Crippen LogP contribution is 2.26. The second kappa shape index (κ2) is 10.2. The zero-order valence-electron chi connectivity index (χ0n) is 18.9. The molecule has 0 saturated carbocycles. The fourth-order valence-electron chi connectivity index (χ4n) is 3.55. The van der Waals surface area contributed by atoms with Crippen molar-refractivity contribution in [3.8, 4) is 11.5 Å². The van der Waals surface area contributed by atoms with Crippen LogP contribution in [0, 0.1) is 0 Å². The number of hydrogen-bond acceptors (Lipinski definition) is 5. The molecule has 1 amide bonds. The van der Waals surface area contributed by atoms with E-state index in [1.165, 1.54) is 10.4 Å². The molecule has 1 saturated heterocycles. The molecule has 0 unspecified atom stereocenters. The molecule has 1 aliphatic rings. The molecule has 0 aromatic heterocycles. The third-order valence-electron chi connectivity index (χ3n) is 5.58. The van der Waals surface area contributed by atoms with Crippen molar-refractivity contribution in [2.24, 2.45) is 0 Å². The van der Waals surface area contributed by atoms with Gasteiger partial charge in [-0.1, -0.05) is 26.0 Å². The van der Waals surface area contributed by atoms with Crippen molar-refractivity contribution >= 4 is 22.0 Å². The van der Waals surface area contributed by atoms with Crippen LogP contribution >= 0.6 is 0 Å². The summed E-state index contributed by atoms with van der Waals surface area (Å²) in [6.07, 6.45) is 3.18. The van der Waals surface area contributed by atoms with Gasteiger partial charge in [0.05, 0.1) is 19.1 Å². The molecule has 1 heterocycles. The van der Waals surface area contributed by atoms with Crippen molar-refractivity contribution in [2.45, 2.75) is 24.7 Å². The van der Waals surface area contributed by atoms with Gasteiger partial charge in [0, 0.05) is 43.9 Å². The van der Waals surface area contributed by atoms with Gasteiger partial charge in [-0.15, -0.1) is 0 Å². The third-order valence-corrected chi connectivity index (χ3v) is 7.49. The molecular weight excluding hydrogens is 428 g/mol. The van der Waals surface area contributed by atoms with Gasteiger partial charge in [0.15, 0.2) is 0 Å². The first-order chi connectivity index (χ1) is 15.3. The van der Waals surface area contributed by atoms with E-state index in [1.54, 1.807) is 49.5 Å². The number of amides is 1. The Balaban J connectivity index is 1.62. The van der Waals surface area contributed by atoms with E-state index in [1.807, 2.05) is 18.2 Å². The smallest absolute Gasteiger partial charge is 0.246 e. The zero-order valence-corrected chi connectivity index (χ0v) is 19.8. The number of benzene rings is 2. The summed E-state index contributed by atoms with van der Waals surface area (Å²) >= 11 is 0. The van der Waals surface area contributed by atoms with E-state index in [2.05, 4.69) is 13.8 Å². The van der Waals surface area contributed by atoms with E-state index in [0.29, 0.717) is 30.5 Å². The minimum absolute atomic E-state index is 0.166. The fraction of sp³-hybridized carbons (Fsp3) is 0.375. The minimum Gasteiger partial charge on any atom is -0.497 e. The molecule has 0 atom stereocenters. The number of carbonyl (C=O) groups excluding carboxylic acids is 1. The van der Waals surface area contributed by atoms with Crippen LogP contribution in [-0.4, -0.2) is 63.9 Å². The normalized spacial score (nSPS) is 15.3. The number of rotatable bonds is 7. The summed E-state index contributed by atoms with van der Waals surface area (Å²) in [7, 11) is -0.438. The quantitative estimate of drug-likeness (QED) is 0.595. The number of hydrogen-bond donors (Lipinski definition) is 0. The highest BCUT2D eigenvalue weighted by atomic mass is 32.2.